The van der Waals surface area contributed by atoms with Gasteiger partial charge in [-0.2, -0.15) is 0 Å². The van der Waals surface area contributed by atoms with Gasteiger partial charge in [-0.25, -0.2) is 9.97 Å². The van der Waals surface area contributed by atoms with Gasteiger partial charge in [-0.3, -0.25) is 4.79 Å². The number of carbonyl (C=O) groups is 1. The van der Waals surface area contributed by atoms with Gasteiger partial charge in [-0.1, -0.05) is 12.2 Å². The van der Waals surface area contributed by atoms with Crippen LogP contribution in [0.2, 0.25) is 5.28 Å². The van der Waals surface area contributed by atoms with E-state index in [1.807, 2.05) is 19.1 Å². The van der Waals surface area contributed by atoms with Crippen LogP contribution in [0.15, 0.2) is 24.5 Å². The highest BCUT2D eigenvalue weighted by Gasteiger charge is 2.04. The van der Waals surface area contributed by atoms with E-state index in [-0.39, 0.29) is 11.2 Å². The molecule has 5 heteroatoms. The zero-order chi connectivity index (χ0) is 10.4. The monoisotopic (exact) mass is 211 g/mol. The van der Waals surface area contributed by atoms with Crippen LogP contribution in [0.5, 0.6) is 0 Å². The van der Waals surface area contributed by atoms with Crippen molar-refractivity contribution in [1.82, 2.24) is 15.3 Å². The van der Waals surface area contributed by atoms with Gasteiger partial charge in [0, 0.05) is 18.9 Å². The van der Waals surface area contributed by atoms with E-state index >= 15 is 0 Å². The Labute approximate surface area is 87.0 Å². The van der Waals surface area contributed by atoms with E-state index in [0.717, 1.165) is 0 Å². The highest BCUT2D eigenvalue weighted by Crippen LogP contribution is 2.00. The molecule has 0 unspecified atom stereocenters. The summed E-state index contributed by atoms with van der Waals surface area (Å²) in [5.74, 6) is -0.209. The third-order valence-electron chi connectivity index (χ3n) is 1.50. The van der Waals surface area contributed by atoms with Crippen LogP contribution >= 0.6 is 11.6 Å². The van der Waals surface area contributed by atoms with Crippen molar-refractivity contribution in [2.45, 2.75) is 6.92 Å². The van der Waals surface area contributed by atoms with Crippen molar-refractivity contribution in [2.75, 3.05) is 6.54 Å². The van der Waals surface area contributed by atoms with Crippen LogP contribution in [0.3, 0.4) is 0 Å². The quantitative estimate of drug-likeness (QED) is 0.608. The molecule has 0 saturated carbocycles. The molecule has 1 N–H and O–H groups in total. The number of hydrogen-bond donors (Lipinski definition) is 1. The maximum absolute atomic E-state index is 11.4. The number of allylic oxidation sites excluding steroid dienone is 1. The van der Waals surface area contributed by atoms with E-state index in [1.54, 1.807) is 0 Å². The smallest absolute Gasteiger partial charge is 0.254 e. The van der Waals surface area contributed by atoms with E-state index < -0.39 is 0 Å². The minimum atomic E-state index is -0.209. The Hall–Kier alpha value is -1.42. The van der Waals surface area contributed by atoms with Crippen LogP contribution in [0.1, 0.15) is 17.3 Å². The summed E-state index contributed by atoms with van der Waals surface area (Å²) in [6.45, 7) is 2.38. The summed E-state index contributed by atoms with van der Waals surface area (Å²) in [4.78, 5) is 18.8. The minimum Gasteiger partial charge on any atom is -0.348 e. The molecule has 14 heavy (non-hydrogen) atoms. The van der Waals surface area contributed by atoms with Crippen LogP contribution < -0.4 is 5.32 Å². The second-order valence-electron chi connectivity index (χ2n) is 2.52. The first-order valence-corrected chi connectivity index (χ1v) is 4.48. The highest BCUT2D eigenvalue weighted by molar-refractivity contribution is 6.28. The second kappa shape index (κ2) is 5.34. The lowest BCUT2D eigenvalue weighted by Crippen LogP contribution is -2.23. The topological polar surface area (TPSA) is 54.9 Å². The number of nitrogens with zero attached hydrogens (tertiary/aromatic N) is 2. The number of aromatic nitrogens is 2. The van der Waals surface area contributed by atoms with Crippen molar-refractivity contribution in [3.63, 3.8) is 0 Å². The molecule has 1 heterocycles. The normalized spacial score (nSPS) is 10.4. The average Bonchev–Trinajstić information content (AvgIpc) is 2.19. The average molecular weight is 212 g/mol. The molecule has 0 fully saturated rings. The third-order valence-corrected chi connectivity index (χ3v) is 1.69. The number of halogens is 1. The van der Waals surface area contributed by atoms with Gasteiger partial charge in [0.15, 0.2) is 0 Å². The minimum absolute atomic E-state index is 0.134. The largest absolute Gasteiger partial charge is 0.348 e. The SMILES string of the molecule is C/C=C/CNC(=O)c1cnc(Cl)nc1. The molecule has 0 aliphatic carbocycles. The molecule has 0 aliphatic heterocycles. The molecule has 0 atom stereocenters. The van der Waals surface area contributed by atoms with Crippen molar-refractivity contribution in [2.24, 2.45) is 0 Å². The van der Waals surface area contributed by atoms with Crippen LogP contribution in [0, 0.1) is 0 Å². The molecule has 1 aromatic heterocycles. The van der Waals surface area contributed by atoms with Crippen LogP contribution in [-0.2, 0) is 0 Å². The summed E-state index contributed by atoms with van der Waals surface area (Å²) in [5.41, 5.74) is 0.402. The number of nitrogens with one attached hydrogen (secondary N) is 1. The lowest BCUT2D eigenvalue weighted by Gasteiger charge is -2.00. The van der Waals surface area contributed by atoms with Crippen molar-refractivity contribution in [3.8, 4) is 0 Å². The van der Waals surface area contributed by atoms with Gasteiger partial charge in [0.1, 0.15) is 0 Å². The van der Waals surface area contributed by atoms with E-state index in [1.165, 1.54) is 12.4 Å². The standard InChI is InChI=1S/C9H10ClN3O/c1-2-3-4-11-8(14)7-5-12-9(10)13-6-7/h2-3,5-6H,4H2,1H3,(H,11,14)/b3-2+. The fourth-order valence-corrected chi connectivity index (χ4v) is 0.899. The van der Waals surface area contributed by atoms with E-state index in [2.05, 4.69) is 15.3 Å². The molecule has 0 radical (unpaired) electrons. The van der Waals surface area contributed by atoms with Crippen molar-refractivity contribution in [3.05, 3.63) is 35.4 Å². The number of hydrogen-bond acceptors (Lipinski definition) is 3. The molecular formula is C9H10ClN3O. The number of rotatable bonds is 3. The highest BCUT2D eigenvalue weighted by atomic mass is 35.5. The van der Waals surface area contributed by atoms with Gasteiger partial charge in [0.25, 0.3) is 5.91 Å². The zero-order valence-electron chi connectivity index (χ0n) is 7.70. The Balaban J connectivity index is 2.56. The lowest BCUT2D eigenvalue weighted by atomic mass is 10.3. The second-order valence-corrected chi connectivity index (χ2v) is 2.86. The summed E-state index contributed by atoms with van der Waals surface area (Å²) < 4.78 is 0. The molecule has 4 nitrogen and oxygen atoms in total. The lowest BCUT2D eigenvalue weighted by molar-refractivity contribution is 0.0957. The molecular weight excluding hydrogens is 202 g/mol. The van der Waals surface area contributed by atoms with Gasteiger partial charge in [-0.15, -0.1) is 0 Å². The predicted molar refractivity (Wildman–Crippen MR) is 54.2 cm³/mol. The van der Waals surface area contributed by atoms with Crippen molar-refractivity contribution in [1.29, 1.82) is 0 Å². The summed E-state index contributed by atoms with van der Waals surface area (Å²) in [7, 11) is 0. The van der Waals surface area contributed by atoms with Crippen LogP contribution in [0.4, 0.5) is 0 Å². The Morgan fingerprint density at radius 1 is 1.57 bits per heavy atom. The van der Waals surface area contributed by atoms with Crippen LogP contribution in [0.25, 0.3) is 0 Å². The molecule has 0 aromatic carbocycles. The zero-order valence-corrected chi connectivity index (χ0v) is 8.45. The summed E-state index contributed by atoms with van der Waals surface area (Å²) >= 11 is 5.48. The predicted octanol–water partition coefficient (Wildman–Crippen LogP) is 1.44. The number of amides is 1. The third kappa shape index (κ3) is 3.14. The van der Waals surface area contributed by atoms with Gasteiger partial charge in [-0.05, 0) is 18.5 Å². The van der Waals surface area contributed by atoms with Crippen LogP contribution in [-0.4, -0.2) is 22.4 Å². The summed E-state index contributed by atoms with van der Waals surface area (Å²) in [5, 5.41) is 2.80. The van der Waals surface area contributed by atoms with Gasteiger partial charge >= 0.3 is 0 Å². The van der Waals surface area contributed by atoms with E-state index in [0.29, 0.717) is 12.1 Å². The maximum Gasteiger partial charge on any atom is 0.254 e. The Kier molecular flexibility index (Phi) is 4.07. The molecule has 1 rings (SSSR count). The molecule has 0 aliphatic rings. The molecule has 0 bridgehead atoms. The molecule has 74 valence electrons. The first-order chi connectivity index (χ1) is 6.74. The van der Waals surface area contributed by atoms with Gasteiger partial charge in [0.05, 0.1) is 5.56 Å². The molecule has 0 saturated heterocycles. The Morgan fingerprint density at radius 2 is 2.21 bits per heavy atom. The van der Waals surface area contributed by atoms with Crippen molar-refractivity contribution < 1.29 is 4.79 Å². The molecule has 1 amide bonds. The first kappa shape index (κ1) is 10.7. The summed E-state index contributed by atoms with van der Waals surface area (Å²) in [6.07, 6.45) is 6.48. The molecule has 0 spiro atoms. The Bertz CT molecular complexity index is 334. The maximum atomic E-state index is 11.4. The molecule has 1 aromatic rings. The van der Waals surface area contributed by atoms with Gasteiger partial charge in [0.2, 0.25) is 5.28 Å². The Morgan fingerprint density at radius 3 is 2.79 bits per heavy atom. The van der Waals surface area contributed by atoms with E-state index in [4.69, 9.17) is 11.6 Å². The fraction of sp³-hybridized carbons (Fsp3) is 0.222. The fourth-order valence-electron chi connectivity index (χ4n) is 0.801. The first-order valence-electron chi connectivity index (χ1n) is 4.11. The van der Waals surface area contributed by atoms with Crippen molar-refractivity contribution >= 4 is 17.5 Å². The number of carbonyl (C=O) groups excluding carboxylic acids is 1. The van der Waals surface area contributed by atoms with E-state index in [9.17, 15) is 4.79 Å². The van der Waals surface area contributed by atoms with Gasteiger partial charge < -0.3 is 5.32 Å². The summed E-state index contributed by atoms with van der Waals surface area (Å²) in [6, 6.07) is 0.